The maximum absolute atomic E-state index is 11.2. The lowest BCUT2D eigenvalue weighted by Crippen LogP contribution is -2.45. The molecule has 2 atom stereocenters. The monoisotopic (exact) mass is 276 g/mol. The van der Waals surface area contributed by atoms with E-state index in [-0.39, 0.29) is 12.6 Å². The zero-order chi connectivity index (χ0) is 14.5. The van der Waals surface area contributed by atoms with E-state index in [2.05, 4.69) is 6.92 Å². The zero-order valence-corrected chi connectivity index (χ0v) is 12.1. The molecule has 2 unspecified atom stereocenters. The Morgan fingerprint density at radius 2 is 2.05 bits per heavy atom. The first kappa shape index (κ1) is 14.7. The van der Waals surface area contributed by atoms with Crippen LogP contribution in [0.3, 0.4) is 0 Å². The molecule has 2 rings (SSSR count). The molecule has 4 nitrogen and oxygen atoms in total. The SMILES string of the molecule is CCC1CCCCC1N(CC(=O)O)c1ccccc1N. The highest BCUT2D eigenvalue weighted by Crippen LogP contribution is 2.35. The smallest absolute Gasteiger partial charge is 0.323 e. The zero-order valence-electron chi connectivity index (χ0n) is 12.1. The molecule has 0 aromatic heterocycles. The number of benzene rings is 1. The maximum atomic E-state index is 11.2. The van der Waals surface area contributed by atoms with E-state index in [1.165, 1.54) is 19.3 Å². The second kappa shape index (κ2) is 6.64. The fraction of sp³-hybridized carbons (Fsp3) is 0.562. The topological polar surface area (TPSA) is 66.6 Å². The Balaban J connectivity index is 2.31. The number of para-hydroxylation sites is 2. The highest BCUT2D eigenvalue weighted by Gasteiger charge is 2.31. The molecule has 20 heavy (non-hydrogen) atoms. The summed E-state index contributed by atoms with van der Waals surface area (Å²) in [5, 5.41) is 9.24. The first-order chi connectivity index (χ1) is 9.63. The van der Waals surface area contributed by atoms with Crippen molar-refractivity contribution in [1.82, 2.24) is 0 Å². The summed E-state index contributed by atoms with van der Waals surface area (Å²) in [5.74, 6) is -0.239. The molecule has 1 fully saturated rings. The first-order valence-corrected chi connectivity index (χ1v) is 7.46. The Hall–Kier alpha value is -1.71. The molecule has 4 heteroatoms. The van der Waals surface area contributed by atoms with Crippen molar-refractivity contribution in [3.8, 4) is 0 Å². The highest BCUT2D eigenvalue weighted by molar-refractivity contribution is 5.77. The highest BCUT2D eigenvalue weighted by atomic mass is 16.4. The average Bonchev–Trinajstić information content (AvgIpc) is 2.45. The van der Waals surface area contributed by atoms with E-state index >= 15 is 0 Å². The fourth-order valence-electron chi connectivity index (χ4n) is 3.35. The summed E-state index contributed by atoms with van der Waals surface area (Å²) >= 11 is 0. The Labute approximate surface area is 120 Å². The predicted molar refractivity (Wildman–Crippen MR) is 81.9 cm³/mol. The third-order valence-electron chi connectivity index (χ3n) is 4.35. The van der Waals surface area contributed by atoms with Gasteiger partial charge in [-0.25, -0.2) is 0 Å². The standard InChI is InChI=1S/C16H24N2O2/c1-2-12-7-3-5-9-14(12)18(11-16(19)20)15-10-6-4-8-13(15)17/h4,6,8,10,12,14H,2-3,5,7,9,11,17H2,1H3,(H,19,20). The summed E-state index contributed by atoms with van der Waals surface area (Å²) in [7, 11) is 0. The lowest BCUT2D eigenvalue weighted by molar-refractivity contribution is -0.135. The minimum atomic E-state index is -0.798. The van der Waals surface area contributed by atoms with Crippen molar-refractivity contribution >= 4 is 17.3 Å². The molecule has 0 bridgehead atoms. The summed E-state index contributed by atoms with van der Waals surface area (Å²) in [6.07, 6.45) is 5.75. The molecule has 110 valence electrons. The van der Waals surface area contributed by atoms with Crippen LogP contribution < -0.4 is 10.6 Å². The van der Waals surface area contributed by atoms with Crippen molar-refractivity contribution in [2.45, 2.75) is 45.1 Å². The number of nitrogen functional groups attached to an aromatic ring is 1. The van der Waals surface area contributed by atoms with E-state index < -0.39 is 5.97 Å². The Kier molecular flexibility index (Phi) is 4.88. The molecule has 0 radical (unpaired) electrons. The largest absolute Gasteiger partial charge is 0.480 e. The van der Waals surface area contributed by atoms with E-state index in [0.29, 0.717) is 11.6 Å². The summed E-state index contributed by atoms with van der Waals surface area (Å²) < 4.78 is 0. The number of hydrogen-bond acceptors (Lipinski definition) is 3. The van der Waals surface area contributed by atoms with Crippen LogP contribution in [0.2, 0.25) is 0 Å². The number of anilines is 2. The number of carbonyl (C=O) groups is 1. The van der Waals surface area contributed by atoms with E-state index in [1.807, 2.05) is 29.2 Å². The molecule has 0 saturated heterocycles. The van der Waals surface area contributed by atoms with Gasteiger partial charge < -0.3 is 15.7 Å². The van der Waals surface area contributed by atoms with Crippen LogP contribution in [0.4, 0.5) is 11.4 Å². The number of hydrogen-bond donors (Lipinski definition) is 2. The van der Waals surface area contributed by atoms with Gasteiger partial charge in [0, 0.05) is 6.04 Å². The Morgan fingerprint density at radius 3 is 2.70 bits per heavy atom. The first-order valence-electron chi connectivity index (χ1n) is 7.46. The normalized spacial score (nSPS) is 22.4. The van der Waals surface area contributed by atoms with Gasteiger partial charge >= 0.3 is 5.97 Å². The Morgan fingerprint density at radius 1 is 1.35 bits per heavy atom. The second-order valence-corrected chi connectivity index (χ2v) is 5.60. The van der Waals surface area contributed by atoms with Crippen molar-refractivity contribution < 1.29 is 9.90 Å². The molecule has 0 aliphatic heterocycles. The third kappa shape index (κ3) is 3.24. The third-order valence-corrected chi connectivity index (χ3v) is 4.35. The van der Waals surface area contributed by atoms with Gasteiger partial charge in [-0.1, -0.05) is 38.3 Å². The summed E-state index contributed by atoms with van der Waals surface area (Å²) in [5.41, 5.74) is 7.58. The second-order valence-electron chi connectivity index (χ2n) is 5.60. The average molecular weight is 276 g/mol. The number of rotatable bonds is 5. The van der Waals surface area contributed by atoms with Crippen LogP contribution >= 0.6 is 0 Å². The number of nitrogens with zero attached hydrogens (tertiary/aromatic N) is 1. The van der Waals surface area contributed by atoms with Crippen LogP contribution in [0.5, 0.6) is 0 Å². The molecular formula is C16H24N2O2. The minimum Gasteiger partial charge on any atom is -0.480 e. The van der Waals surface area contributed by atoms with Crippen LogP contribution in [0.25, 0.3) is 0 Å². The van der Waals surface area contributed by atoms with E-state index in [1.54, 1.807) is 0 Å². The lowest BCUT2D eigenvalue weighted by Gasteiger charge is -2.40. The predicted octanol–water partition coefficient (Wildman–Crippen LogP) is 3.13. The molecule has 0 amide bonds. The van der Waals surface area contributed by atoms with Gasteiger partial charge in [0.1, 0.15) is 6.54 Å². The van der Waals surface area contributed by atoms with Gasteiger partial charge in [-0.15, -0.1) is 0 Å². The van der Waals surface area contributed by atoms with E-state index in [9.17, 15) is 9.90 Å². The lowest BCUT2D eigenvalue weighted by atomic mass is 9.81. The quantitative estimate of drug-likeness (QED) is 0.811. The molecule has 1 aliphatic rings. The number of nitrogens with two attached hydrogens (primary N) is 1. The minimum absolute atomic E-state index is 0.0232. The molecule has 1 aromatic carbocycles. The number of aliphatic carboxylic acids is 1. The van der Waals surface area contributed by atoms with Crippen molar-refractivity contribution in [1.29, 1.82) is 0 Å². The van der Waals surface area contributed by atoms with Gasteiger partial charge in [0.05, 0.1) is 11.4 Å². The summed E-state index contributed by atoms with van der Waals surface area (Å²) in [6.45, 7) is 2.21. The van der Waals surface area contributed by atoms with Gasteiger partial charge in [0.15, 0.2) is 0 Å². The molecular weight excluding hydrogens is 252 g/mol. The van der Waals surface area contributed by atoms with Crippen LogP contribution in [0.1, 0.15) is 39.0 Å². The maximum Gasteiger partial charge on any atom is 0.323 e. The summed E-state index contributed by atoms with van der Waals surface area (Å²) in [4.78, 5) is 13.3. The molecule has 0 heterocycles. The van der Waals surface area contributed by atoms with E-state index in [4.69, 9.17) is 5.73 Å². The molecule has 0 spiro atoms. The van der Waals surface area contributed by atoms with Crippen molar-refractivity contribution in [2.24, 2.45) is 5.92 Å². The van der Waals surface area contributed by atoms with Gasteiger partial charge in [0.25, 0.3) is 0 Å². The van der Waals surface area contributed by atoms with Crippen molar-refractivity contribution in [2.75, 3.05) is 17.2 Å². The van der Waals surface area contributed by atoms with Gasteiger partial charge in [0.2, 0.25) is 0 Å². The molecule has 1 aromatic rings. The van der Waals surface area contributed by atoms with Gasteiger partial charge in [-0.05, 0) is 30.9 Å². The van der Waals surface area contributed by atoms with E-state index in [0.717, 1.165) is 18.5 Å². The fourth-order valence-corrected chi connectivity index (χ4v) is 3.35. The molecule has 1 saturated carbocycles. The summed E-state index contributed by atoms with van der Waals surface area (Å²) in [6, 6.07) is 7.86. The van der Waals surface area contributed by atoms with Crippen molar-refractivity contribution in [3.63, 3.8) is 0 Å². The molecule has 1 aliphatic carbocycles. The number of carboxylic acid groups (broad SMARTS) is 1. The molecule has 3 N–H and O–H groups in total. The van der Waals surface area contributed by atoms with Crippen LogP contribution in [0, 0.1) is 5.92 Å². The van der Waals surface area contributed by atoms with Gasteiger partial charge in [-0.3, -0.25) is 4.79 Å². The van der Waals surface area contributed by atoms with Crippen molar-refractivity contribution in [3.05, 3.63) is 24.3 Å². The van der Waals surface area contributed by atoms with Crippen LogP contribution in [0.15, 0.2) is 24.3 Å². The van der Waals surface area contributed by atoms with Crippen LogP contribution in [-0.4, -0.2) is 23.7 Å². The van der Waals surface area contributed by atoms with Gasteiger partial charge in [-0.2, -0.15) is 0 Å². The number of carboxylic acids is 1. The Bertz CT molecular complexity index is 462. The van der Waals surface area contributed by atoms with Crippen LogP contribution in [-0.2, 0) is 4.79 Å².